The highest BCUT2D eigenvalue weighted by atomic mass is 16.6. The lowest BCUT2D eigenvalue weighted by atomic mass is 9.97. The number of rotatable bonds is 5. The number of carbonyl (C=O) groups excluding carboxylic acids is 1. The van der Waals surface area contributed by atoms with Crippen LogP contribution in [-0.2, 0) is 9.53 Å². The number of esters is 1. The molecular formula is C20H20N6O4. The molecule has 3 aromatic rings. The van der Waals surface area contributed by atoms with Crippen LogP contribution in [0.15, 0.2) is 42.9 Å². The fourth-order valence-electron chi connectivity index (χ4n) is 3.69. The molecule has 0 atom stereocenters. The van der Waals surface area contributed by atoms with Crippen molar-refractivity contribution in [3.05, 3.63) is 53.0 Å². The van der Waals surface area contributed by atoms with E-state index in [4.69, 9.17) is 4.74 Å². The van der Waals surface area contributed by atoms with Crippen molar-refractivity contribution in [3.63, 3.8) is 0 Å². The molecule has 3 heterocycles. The Kier molecular flexibility index (Phi) is 5.38. The van der Waals surface area contributed by atoms with E-state index in [1.165, 1.54) is 13.4 Å². The van der Waals surface area contributed by atoms with Gasteiger partial charge in [0.05, 0.1) is 23.5 Å². The van der Waals surface area contributed by atoms with Crippen molar-refractivity contribution in [2.75, 3.05) is 30.4 Å². The van der Waals surface area contributed by atoms with Crippen molar-refractivity contribution in [1.29, 1.82) is 0 Å². The molecule has 1 aliphatic heterocycles. The average Bonchev–Trinajstić information content (AvgIpc) is 2.78. The average molecular weight is 408 g/mol. The summed E-state index contributed by atoms with van der Waals surface area (Å²) in [5.74, 6) is -0.109. The SMILES string of the molecule is COC(=O)C1CCN(c2ncnc(Nc3cccc4ncccc34)c2[N+](=O)[O-])CC1. The number of hydrogen-bond donors (Lipinski definition) is 1. The highest BCUT2D eigenvalue weighted by molar-refractivity contribution is 5.93. The number of nitrogens with one attached hydrogen (secondary N) is 1. The van der Waals surface area contributed by atoms with Crippen LogP contribution in [0.2, 0.25) is 0 Å². The first kappa shape index (κ1) is 19.5. The maximum atomic E-state index is 11.9. The van der Waals surface area contributed by atoms with Gasteiger partial charge in [0.15, 0.2) is 0 Å². The lowest BCUT2D eigenvalue weighted by molar-refractivity contribution is -0.383. The van der Waals surface area contributed by atoms with Gasteiger partial charge in [0, 0.05) is 30.4 Å². The molecule has 30 heavy (non-hydrogen) atoms. The third-order valence-electron chi connectivity index (χ3n) is 5.21. The second-order valence-corrected chi connectivity index (χ2v) is 6.94. The topological polar surface area (TPSA) is 123 Å². The van der Waals surface area contributed by atoms with Gasteiger partial charge in [-0.3, -0.25) is 19.9 Å². The molecule has 10 heteroatoms. The van der Waals surface area contributed by atoms with Gasteiger partial charge in [-0.05, 0) is 37.1 Å². The molecule has 4 rings (SSSR count). The standard InChI is InChI=1S/C20H20N6O4/c1-30-20(27)13-7-10-25(11-8-13)19-17(26(28)29)18(22-12-23-19)24-16-6-2-5-15-14(16)4-3-9-21-15/h2-6,9,12-13H,7-8,10-11H2,1H3,(H,22,23,24). The third kappa shape index (κ3) is 3.71. The molecule has 0 amide bonds. The van der Waals surface area contributed by atoms with Gasteiger partial charge in [0.1, 0.15) is 6.33 Å². The van der Waals surface area contributed by atoms with Crippen molar-refractivity contribution < 1.29 is 14.5 Å². The zero-order valence-corrected chi connectivity index (χ0v) is 16.3. The van der Waals surface area contributed by atoms with Gasteiger partial charge in [-0.1, -0.05) is 6.07 Å². The normalized spacial score (nSPS) is 14.5. The predicted molar refractivity (Wildman–Crippen MR) is 111 cm³/mol. The van der Waals surface area contributed by atoms with Crippen LogP contribution in [0, 0.1) is 16.0 Å². The lowest BCUT2D eigenvalue weighted by Crippen LogP contribution is -2.37. The largest absolute Gasteiger partial charge is 0.469 e. The maximum Gasteiger partial charge on any atom is 0.353 e. The van der Waals surface area contributed by atoms with E-state index in [0.29, 0.717) is 31.6 Å². The minimum atomic E-state index is -0.479. The number of nitrogens with zero attached hydrogens (tertiary/aromatic N) is 5. The van der Waals surface area contributed by atoms with Crippen molar-refractivity contribution in [2.45, 2.75) is 12.8 Å². The van der Waals surface area contributed by atoms with Crippen molar-refractivity contribution in [3.8, 4) is 0 Å². The number of ether oxygens (including phenoxy) is 1. The zero-order chi connectivity index (χ0) is 21.1. The summed E-state index contributed by atoms with van der Waals surface area (Å²) in [5.41, 5.74) is 1.23. The molecule has 0 spiro atoms. The molecule has 1 aliphatic rings. The number of nitro groups is 1. The number of carbonyl (C=O) groups is 1. The Morgan fingerprint density at radius 2 is 2.00 bits per heavy atom. The number of aromatic nitrogens is 3. The van der Waals surface area contributed by atoms with Crippen LogP contribution in [0.3, 0.4) is 0 Å². The van der Waals surface area contributed by atoms with Gasteiger partial charge in [0.2, 0.25) is 11.6 Å². The van der Waals surface area contributed by atoms with Crippen LogP contribution in [0.5, 0.6) is 0 Å². The van der Waals surface area contributed by atoms with E-state index in [1.54, 1.807) is 12.3 Å². The monoisotopic (exact) mass is 408 g/mol. The quantitative estimate of drug-likeness (QED) is 0.385. The second-order valence-electron chi connectivity index (χ2n) is 6.94. The number of hydrogen-bond acceptors (Lipinski definition) is 9. The Morgan fingerprint density at radius 3 is 2.73 bits per heavy atom. The molecule has 1 aromatic carbocycles. The molecule has 0 unspecified atom stereocenters. The number of pyridine rings is 1. The number of piperidine rings is 1. The van der Waals surface area contributed by atoms with E-state index in [0.717, 1.165) is 10.9 Å². The van der Waals surface area contributed by atoms with Crippen molar-refractivity contribution >= 4 is 39.9 Å². The Labute approximate surface area is 172 Å². The van der Waals surface area contributed by atoms with Crippen LogP contribution < -0.4 is 10.2 Å². The van der Waals surface area contributed by atoms with E-state index in [-0.39, 0.29) is 29.2 Å². The van der Waals surface area contributed by atoms with Gasteiger partial charge in [0.25, 0.3) is 0 Å². The summed E-state index contributed by atoms with van der Waals surface area (Å²) in [6, 6.07) is 9.20. The predicted octanol–water partition coefficient (Wildman–Crippen LogP) is 3.07. The lowest BCUT2D eigenvalue weighted by Gasteiger charge is -2.31. The third-order valence-corrected chi connectivity index (χ3v) is 5.21. The van der Waals surface area contributed by atoms with E-state index < -0.39 is 4.92 Å². The molecule has 1 N–H and O–H groups in total. The van der Waals surface area contributed by atoms with Gasteiger partial charge < -0.3 is 15.0 Å². The molecule has 154 valence electrons. The van der Waals surface area contributed by atoms with Crippen molar-refractivity contribution in [2.24, 2.45) is 5.92 Å². The van der Waals surface area contributed by atoms with Gasteiger partial charge in [-0.15, -0.1) is 0 Å². The van der Waals surface area contributed by atoms with Crippen molar-refractivity contribution in [1.82, 2.24) is 15.0 Å². The smallest absolute Gasteiger partial charge is 0.353 e. The van der Waals surface area contributed by atoms with E-state index in [9.17, 15) is 14.9 Å². The summed E-state index contributed by atoms with van der Waals surface area (Å²) in [5, 5.41) is 15.8. The summed E-state index contributed by atoms with van der Waals surface area (Å²) < 4.78 is 4.81. The summed E-state index contributed by atoms with van der Waals surface area (Å²) >= 11 is 0. The molecule has 2 aromatic heterocycles. The van der Waals surface area contributed by atoms with E-state index in [1.807, 2.05) is 29.2 Å². The second kappa shape index (κ2) is 8.27. The number of benzene rings is 1. The summed E-state index contributed by atoms with van der Waals surface area (Å²) in [6.45, 7) is 0.935. The van der Waals surface area contributed by atoms with Gasteiger partial charge >= 0.3 is 11.7 Å². The molecule has 10 nitrogen and oxygen atoms in total. The summed E-state index contributed by atoms with van der Waals surface area (Å²) in [6.07, 6.45) is 4.09. The maximum absolute atomic E-state index is 11.9. The van der Waals surface area contributed by atoms with E-state index in [2.05, 4.69) is 20.3 Å². The first-order valence-electron chi connectivity index (χ1n) is 9.51. The molecule has 1 saturated heterocycles. The number of fused-ring (bicyclic) bond motifs is 1. The Bertz CT molecular complexity index is 1090. The number of methoxy groups -OCH3 is 1. The van der Waals surface area contributed by atoms with Crippen LogP contribution in [0.4, 0.5) is 23.0 Å². The van der Waals surface area contributed by atoms with E-state index >= 15 is 0 Å². The first-order chi connectivity index (χ1) is 14.6. The minimum absolute atomic E-state index is 0.108. The fourth-order valence-corrected chi connectivity index (χ4v) is 3.69. The molecular weight excluding hydrogens is 388 g/mol. The Hall–Kier alpha value is -3.82. The van der Waals surface area contributed by atoms with Crippen LogP contribution in [0.1, 0.15) is 12.8 Å². The Balaban J connectivity index is 1.66. The highest BCUT2D eigenvalue weighted by Crippen LogP contribution is 2.36. The van der Waals surface area contributed by atoms with Gasteiger partial charge in [-0.2, -0.15) is 0 Å². The molecule has 0 saturated carbocycles. The fraction of sp³-hybridized carbons (Fsp3) is 0.300. The molecule has 1 fully saturated rings. The number of anilines is 3. The van der Waals surface area contributed by atoms with Crippen LogP contribution >= 0.6 is 0 Å². The summed E-state index contributed by atoms with van der Waals surface area (Å²) in [7, 11) is 1.37. The van der Waals surface area contributed by atoms with Crippen LogP contribution in [-0.4, -0.2) is 46.0 Å². The van der Waals surface area contributed by atoms with Gasteiger partial charge in [-0.25, -0.2) is 9.97 Å². The minimum Gasteiger partial charge on any atom is -0.469 e. The van der Waals surface area contributed by atoms with Crippen LogP contribution in [0.25, 0.3) is 10.9 Å². The molecule has 0 bridgehead atoms. The molecule has 0 radical (unpaired) electrons. The summed E-state index contributed by atoms with van der Waals surface area (Å²) in [4.78, 5) is 37.6. The first-order valence-corrected chi connectivity index (χ1v) is 9.51. The highest BCUT2D eigenvalue weighted by Gasteiger charge is 2.32. The Morgan fingerprint density at radius 1 is 1.20 bits per heavy atom. The zero-order valence-electron chi connectivity index (χ0n) is 16.3. The molecule has 0 aliphatic carbocycles.